The Labute approximate surface area is 113 Å². The number of ether oxygens (including phenoxy) is 1. The van der Waals surface area contributed by atoms with Crippen molar-refractivity contribution >= 4 is 11.9 Å². The molecule has 106 valence electrons. The van der Waals surface area contributed by atoms with E-state index in [1.54, 1.807) is 0 Å². The first-order chi connectivity index (χ1) is 9.13. The summed E-state index contributed by atoms with van der Waals surface area (Å²) in [5.41, 5.74) is 0. The van der Waals surface area contributed by atoms with Gasteiger partial charge in [-0.25, -0.2) is 0 Å². The summed E-state index contributed by atoms with van der Waals surface area (Å²) in [6.07, 6.45) is 2.18. The first-order valence-corrected chi connectivity index (χ1v) is 7.18. The fourth-order valence-corrected chi connectivity index (χ4v) is 3.86. The number of carbonyl (C=O) groups is 2. The minimum atomic E-state index is -0.187. The second kappa shape index (κ2) is 4.78. The van der Waals surface area contributed by atoms with Crippen LogP contribution in [0, 0.1) is 23.7 Å². The summed E-state index contributed by atoms with van der Waals surface area (Å²) in [6.45, 7) is 3.43. The molecule has 2 aliphatic carbocycles. The number of amides is 1. The summed E-state index contributed by atoms with van der Waals surface area (Å²) in [6, 6.07) is 0. The SMILES string of the molecule is COC(=O)C1C2CCC2C1C(=O)N1CCN(C)CC1. The van der Waals surface area contributed by atoms with Gasteiger partial charge in [-0.15, -0.1) is 0 Å². The van der Waals surface area contributed by atoms with E-state index in [4.69, 9.17) is 4.74 Å². The van der Waals surface area contributed by atoms with Gasteiger partial charge < -0.3 is 14.5 Å². The molecule has 0 radical (unpaired) electrons. The van der Waals surface area contributed by atoms with E-state index in [9.17, 15) is 9.59 Å². The van der Waals surface area contributed by atoms with Crippen LogP contribution in [0.5, 0.6) is 0 Å². The van der Waals surface area contributed by atoms with E-state index in [0.29, 0.717) is 11.8 Å². The molecule has 1 heterocycles. The van der Waals surface area contributed by atoms with Gasteiger partial charge >= 0.3 is 5.97 Å². The lowest BCUT2D eigenvalue weighted by Crippen LogP contribution is -2.63. The average Bonchev–Trinajstić information content (AvgIpc) is 2.40. The van der Waals surface area contributed by atoms with Gasteiger partial charge in [-0.3, -0.25) is 9.59 Å². The number of likely N-dealkylation sites (N-methyl/N-ethyl adjacent to an activating group) is 1. The number of nitrogens with zero attached hydrogens (tertiary/aromatic N) is 2. The molecule has 1 saturated heterocycles. The van der Waals surface area contributed by atoms with Crippen LogP contribution in [0.3, 0.4) is 0 Å². The topological polar surface area (TPSA) is 49.9 Å². The number of hydrogen-bond acceptors (Lipinski definition) is 4. The number of piperazine rings is 1. The summed E-state index contributed by atoms with van der Waals surface area (Å²) in [4.78, 5) is 28.6. The van der Waals surface area contributed by atoms with Gasteiger partial charge in [-0.1, -0.05) is 0 Å². The van der Waals surface area contributed by atoms with Crippen molar-refractivity contribution in [1.82, 2.24) is 9.80 Å². The van der Waals surface area contributed by atoms with Crippen LogP contribution in [0.1, 0.15) is 12.8 Å². The number of hydrogen-bond donors (Lipinski definition) is 0. The van der Waals surface area contributed by atoms with Crippen LogP contribution in [-0.2, 0) is 14.3 Å². The van der Waals surface area contributed by atoms with Crippen LogP contribution >= 0.6 is 0 Å². The highest BCUT2D eigenvalue weighted by Crippen LogP contribution is 2.59. The predicted molar refractivity (Wildman–Crippen MR) is 69.3 cm³/mol. The van der Waals surface area contributed by atoms with Crippen LogP contribution in [-0.4, -0.2) is 62.0 Å². The number of fused-ring (bicyclic) bond motifs is 1. The first kappa shape index (κ1) is 12.9. The zero-order valence-electron chi connectivity index (χ0n) is 11.7. The monoisotopic (exact) mass is 266 g/mol. The summed E-state index contributed by atoms with van der Waals surface area (Å²) in [7, 11) is 3.50. The number of rotatable bonds is 2. The Bertz CT molecular complexity index is 390. The molecule has 1 amide bonds. The minimum absolute atomic E-state index is 0.102. The average molecular weight is 266 g/mol. The molecule has 1 aliphatic heterocycles. The van der Waals surface area contributed by atoms with Crippen LogP contribution in [0.2, 0.25) is 0 Å². The second-order valence-corrected chi connectivity index (χ2v) is 6.11. The van der Waals surface area contributed by atoms with E-state index in [2.05, 4.69) is 11.9 Å². The van der Waals surface area contributed by atoms with E-state index >= 15 is 0 Å². The molecule has 0 aromatic heterocycles. The molecule has 5 nitrogen and oxygen atoms in total. The Hall–Kier alpha value is -1.10. The lowest BCUT2D eigenvalue weighted by molar-refractivity contribution is -0.187. The van der Waals surface area contributed by atoms with Gasteiger partial charge in [0.25, 0.3) is 0 Å². The van der Waals surface area contributed by atoms with Crippen LogP contribution < -0.4 is 0 Å². The first-order valence-electron chi connectivity index (χ1n) is 7.18. The molecule has 0 N–H and O–H groups in total. The highest BCUT2D eigenvalue weighted by molar-refractivity contribution is 5.88. The Morgan fingerprint density at radius 2 is 1.58 bits per heavy atom. The van der Waals surface area contributed by atoms with Crippen molar-refractivity contribution in [2.45, 2.75) is 12.8 Å². The smallest absolute Gasteiger partial charge is 0.309 e. The third-order valence-corrected chi connectivity index (χ3v) is 5.27. The number of carbonyl (C=O) groups excluding carboxylic acids is 2. The molecule has 3 aliphatic rings. The minimum Gasteiger partial charge on any atom is -0.469 e. The molecule has 4 unspecified atom stereocenters. The molecular weight excluding hydrogens is 244 g/mol. The van der Waals surface area contributed by atoms with Crippen molar-refractivity contribution in [2.24, 2.45) is 23.7 Å². The Morgan fingerprint density at radius 1 is 1.00 bits per heavy atom. The van der Waals surface area contributed by atoms with E-state index < -0.39 is 0 Å². The fraction of sp³-hybridized carbons (Fsp3) is 0.857. The van der Waals surface area contributed by atoms with Gasteiger partial charge in [-0.2, -0.15) is 0 Å². The van der Waals surface area contributed by atoms with E-state index in [-0.39, 0.29) is 23.7 Å². The molecule has 0 aromatic carbocycles. The largest absolute Gasteiger partial charge is 0.469 e. The van der Waals surface area contributed by atoms with Crippen LogP contribution in [0.15, 0.2) is 0 Å². The van der Waals surface area contributed by atoms with Crippen molar-refractivity contribution in [2.75, 3.05) is 40.3 Å². The van der Waals surface area contributed by atoms with Gasteiger partial charge in [-0.05, 0) is 31.7 Å². The number of methoxy groups -OCH3 is 1. The maximum absolute atomic E-state index is 12.6. The molecule has 0 aromatic rings. The van der Waals surface area contributed by atoms with Gasteiger partial charge in [0.05, 0.1) is 18.9 Å². The third kappa shape index (κ3) is 1.95. The van der Waals surface area contributed by atoms with Gasteiger partial charge in [0.2, 0.25) is 5.91 Å². The molecule has 2 saturated carbocycles. The number of esters is 1. The maximum atomic E-state index is 12.6. The third-order valence-electron chi connectivity index (χ3n) is 5.27. The van der Waals surface area contributed by atoms with E-state index in [1.807, 2.05) is 4.90 Å². The molecule has 0 bridgehead atoms. The maximum Gasteiger partial charge on any atom is 0.309 e. The Balaban J connectivity index is 1.67. The Morgan fingerprint density at radius 3 is 2.11 bits per heavy atom. The second-order valence-electron chi connectivity index (χ2n) is 6.11. The molecule has 3 rings (SSSR count). The lowest BCUT2D eigenvalue weighted by atomic mass is 9.46. The predicted octanol–water partition coefficient (Wildman–Crippen LogP) is 0.206. The summed E-state index contributed by atoms with van der Waals surface area (Å²) in [5, 5.41) is 0. The van der Waals surface area contributed by atoms with Crippen LogP contribution in [0.25, 0.3) is 0 Å². The fourth-order valence-electron chi connectivity index (χ4n) is 3.86. The zero-order valence-corrected chi connectivity index (χ0v) is 11.7. The highest BCUT2D eigenvalue weighted by atomic mass is 16.5. The van der Waals surface area contributed by atoms with Crippen molar-refractivity contribution in [3.05, 3.63) is 0 Å². The molecule has 5 heteroatoms. The van der Waals surface area contributed by atoms with Gasteiger partial charge in [0.15, 0.2) is 0 Å². The lowest BCUT2D eigenvalue weighted by Gasteiger charge is -2.57. The molecular formula is C14H22N2O3. The van der Waals surface area contributed by atoms with Gasteiger partial charge in [0, 0.05) is 26.2 Å². The van der Waals surface area contributed by atoms with E-state index in [1.165, 1.54) is 7.11 Å². The van der Waals surface area contributed by atoms with E-state index in [0.717, 1.165) is 39.0 Å². The van der Waals surface area contributed by atoms with Crippen molar-refractivity contribution in [3.63, 3.8) is 0 Å². The summed E-state index contributed by atoms with van der Waals surface area (Å²) in [5.74, 6) is 0.577. The molecule has 19 heavy (non-hydrogen) atoms. The molecule has 4 atom stereocenters. The molecule has 3 fully saturated rings. The quantitative estimate of drug-likeness (QED) is 0.670. The van der Waals surface area contributed by atoms with Crippen molar-refractivity contribution < 1.29 is 14.3 Å². The van der Waals surface area contributed by atoms with Crippen molar-refractivity contribution in [1.29, 1.82) is 0 Å². The normalized spacial score (nSPS) is 37.9. The Kier molecular flexibility index (Phi) is 3.25. The standard InChI is InChI=1S/C14H22N2O3/c1-15-5-7-16(8-6-15)13(17)11-9-3-4-10(9)12(11)14(18)19-2/h9-12H,3-8H2,1-2H3. The van der Waals surface area contributed by atoms with Crippen LogP contribution in [0.4, 0.5) is 0 Å². The zero-order chi connectivity index (χ0) is 13.6. The summed E-state index contributed by atoms with van der Waals surface area (Å²) >= 11 is 0. The summed E-state index contributed by atoms with van der Waals surface area (Å²) < 4.78 is 4.87. The van der Waals surface area contributed by atoms with Gasteiger partial charge in [0.1, 0.15) is 0 Å². The highest BCUT2D eigenvalue weighted by Gasteiger charge is 2.62. The molecule has 0 spiro atoms. The van der Waals surface area contributed by atoms with Crippen molar-refractivity contribution in [3.8, 4) is 0 Å².